The van der Waals surface area contributed by atoms with Crippen molar-refractivity contribution >= 4 is 0 Å². The van der Waals surface area contributed by atoms with Gasteiger partial charge in [-0.15, -0.1) is 0 Å². The normalized spacial score (nSPS) is 25.7. The molecule has 1 saturated carbocycles. The molecule has 1 spiro atoms. The molecule has 0 aromatic heterocycles. The number of benzene rings is 1. The van der Waals surface area contributed by atoms with Gasteiger partial charge >= 0.3 is 0 Å². The van der Waals surface area contributed by atoms with E-state index >= 15 is 0 Å². The van der Waals surface area contributed by atoms with Crippen LogP contribution in [0.2, 0.25) is 0 Å². The molecule has 0 unspecified atom stereocenters. The largest absolute Gasteiger partial charge is 0.316 e. The van der Waals surface area contributed by atoms with Crippen molar-refractivity contribution in [3.8, 4) is 0 Å². The molecule has 0 radical (unpaired) electrons. The molecule has 1 aromatic rings. The zero-order chi connectivity index (χ0) is 10.4. The lowest BCUT2D eigenvalue weighted by atomic mass is 9.47. The van der Waals surface area contributed by atoms with E-state index in [1.807, 2.05) is 0 Å². The van der Waals surface area contributed by atoms with E-state index in [0.29, 0.717) is 10.8 Å². The highest BCUT2D eigenvalue weighted by Crippen LogP contribution is 2.59. The minimum atomic E-state index is 0.503. The van der Waals surface area contributed by atoms with Gasteiger partial charge in [-0.1, -0.05) is 37.3 Å². The summed E-state index contributed by atoms with van der Waals surface area (Å²) in [5.41, 5.74) is 2.74. The zero-order valence-electron chi connectivity index (χ0n) is 9.42. The highest BCUT2D eigenvalue weighted by atomic mass is 15.0. The Morgan fingerprint density at radius 2 is 1.80 bits per heavy atom. The summed E-state index contributed by atoms with van der Waals surface area (Å²) in [7, 11) is 0. The summed E-state index contributed by atoms with van der Waals surface area (Å²) in [6, 6.07) is 11.1. The molecule has 1 aromatic carbocycles. The lowest BCUT2D eigenvalue weighted by Crippen LogP contribution is -2.65. The van der Waals surface area contributed by atoms with E-state index in [-0.39, 0.29) is 0 Å². The van der Waals surface area contributed by atoms with Crippen LogP contribution in [0.3, 0.4) is 0 Å². The van der Waals surface area contributed by atoms with Crippen LogP contribution in [0.15, 0.2) is 30.3 Å². The Labute approximate surface area is 91.9 Å². The minimum absolute atomic E-state index is 0.503. The van der Waals surface area contributed by atoms with Gasteiger partial charge in [-0.25, -0.2) is 0 Å². The van der Waals surface area contributed by atoms with Crippen LogP contribution in [0.5, 0.6) is 0 Å². The van der Waals surface area contributed by atoms with Crippen molar-refractivity contribution in [3.63, 3.8) is 0 Å². The van der Waals surface area contributed by atoms with E-state index in [1.54, 1.807) is 5.56 Å². The molecule has 3 rings (SSSR count). The third-order valence-corrected chi connectivity index (χ3v) is 4.49. The number of hydrogen-bond acceptors (Lipinski definition) is 1. The number of hydrogen-bond donors (Lipinski definition) is 1. The molecule has 2 aliphatic rings. The fraction of sp³-hybridized carbons (Fsp3) is 0.571. The average Bonchev–Trinajstić information content (AvgIpc) is 2.17. The van der Waals surface area contributed by atoms with Gasteiger partial charge < -0.3 is 5.32 Å². The van der Waals surface area contributed by atoms with Gasteiger partial charge in [0.05, 0.1) is 0 Å². The van der Waals surface area contributed by atoms with E-state index in [0.717, 1.165) is 0 Å². The van der Waals surface area contributed by atoms with Crippen LogP contribution in [0, 0.1) is 5.41 Å². The second-order valence-corrected chi connectivity index (χ2v) is 5.46. The molecule has 1 aliphatic heterocycles. The van der Waals surface area contributed by atoms with Crippen molar-refractivity contribution in [1.29, 1.82) is 0 Å². The molecule has 1 heterocycles. The van der Waals surface area contributed by atoms with Crippen LogP contribution in [0.4, 0.5) is 0 Å². The first-order valence-electron chi connectivity index (χ1n) is 6.05. The molecule has 1 heteroatoms. The summed E-state index contributed by atoms with van der Waals surface area (Å²) in [5.74, 6) is 0. The van der Waals surface area contributed by atoms with Crippen molar-refractivity contribution in [1.82, 2.24) is 5.32 Å². The van der Waals surface area contributed by atoms with E-state index in [2.05, 4.69) is 42.6 Å². The Kier molecular flexibility index (Phi) is 1.93. The summed E-state index contributed by atoms with van der Waals surface area (Å²) >= 11 is 0. The number of rotatable bonds is 2. The summed E-state index contributed by atoms with van der Waals surface area (Å²) in [6.07, 6.45) is 4.08. The maximum atomic E-state index is 3.42. The fourth-order valence-electron chi connectivity index (χ4n) is 3.56. The first-order chi connectivity index (χ1) is 7.29. The van der Waals surface area contributed by atoms with Gasteiger partial charge in [-0.3, -0.25) is 0 Å². The van der Waals surface area contributed by atoms with Crippen LogP contribution in [0.1, 0.15) is 31.7 Å². The van der Waals surface area contributed by atoms with Gasteiger partial charge in [0.1, 0.15) is 0 Å². The van der Waals surface area contributed by atoms with Gasteiger partial charge in [-0.2, -0.15) is 0 Å². The zero-order valence-corrected chi connectivity index (χ0v) is 9.42. The predicted molar refractivity (Wildman–Crippen MR) is 62.9 cm³/mol. The Balaban J connectivity index is 1.84. The smallest absolute Gasteiger partial charge is 0.00209 e. The van der Waals surface area contributed by atoms with Gasteiger partial charge in [0, 0.05) is 13.1 Å². The maximum Gasteiger partial charge on any atom is 0.00209 e. The van der Waals surface area contributed by atoms with Crippen LogP contribution < -0.4 is 5.32 Å². The highest BCUT2D eigenvalue weighted by molar-refractivity contribution is 5.32. The third-order valence-electron chi connectivity index (χ3n) is 4.49. The average molecular weight is 201 g/mol. The lowest BCUT2D eigenvalue weighted by Gasteiger charge is -2.61. The highest BCUT2D eigenvalue weighted by Gasteiger charge is 2.56. The Morgan fingerprint density at radius 3 is 2.27 bits per heavy atom. The molecule has 0 bridgehead atoms. The van der Waals surface area contributed by atoms with Crippen molar-refractivity contribution in [2.75, 3.05) is 13.1 Å². The number of nitrogens with one attached hydrogen (secondary N) is 1. The summed E-state index contributed by atoms with van der Waals surface area (Å²) in [5, 5.41) is 3.42. The molecule has 2 fully saturated rings. The quantitative estimate of drug-likeness (QED) is 0.775. The monoisotopic (exact) mass is 201 g/mol. The van der Waals surface area contributed by atoms with Crippen molar-refractivity contribution < 1.29 is 0 Å². The fourth-order valence-corrected chi connectivity index (χ4v) is 3.56. The van der Waals surface area contributed by atoms with E-state index in [1.165, 1.54) is 32.4 Å². The maximum absolute atomic E-state index is 3.42. The summed E-state index contributed by atoms with van der Waals surface area (Å²) in [6.45, 7) is 4.84. The van der Waals surface area contributed by atoms with E-state index in [9.17, 15) is 0 Å². The molecule has 1 N–H and O–H groups in total. The summed E-state index contributed by atoms with van der Waals surface area (Å²) in [4.78, 5) is 0. The second kappa shape index (κ2) is 3.08. The SMILES string of the molecule is CCC1(c2ccccc2)CC2(CNC2)C1. The Bertz CT molecular complexity index is 343. The Hall–Kier alpha value is -0.820. The van der Waals surface area contributed by atoms with Crippen LogP contribution >= 0.6 is 0 Å². The van der Waals surface area contributed by atoms with Crippen molar-refractivity contribution in [3.05, 3.63) is 35.9 Å². The van der Waals surface area contributed by atoms with Gasteiger partial charge in [-0.05, 0) is 35.7 Å². The lowest BCUT2D eigenvalue weighted by molar-refractivity contribution is -0.0283. The molecule has 80 valence electrons. The predicted octanol–water partition coefficient (Wildman–Crippen LogP) is 2.72. The molecule has 15 heavy (non-hydrogen) atoms. The second-order valence-electron chi connectivity index (χ2n) is 5.46. The van der Waals surface area contributed by atoms with Crippen molar-refractivity contribution in [2.45, 2.75) is 31.6 Å². The third kappa shape index (κ3) is 1.26. The first kappa shape index (κ1) is 9.41. The van der Waals surface area contributed by atoms with Crippen LogP contribution in [-0.2, 0) is 5.41 Å². The first-order valence-corrected chi connectivity index (χ1v) is 6.05. The molecule has 1 aliphatic carbocycles. The molecule has 1 saturated heterocycles. The molecule has 0 amide bonds. The van der Waals surface area contributed by atoms with Gasteiger partial charge in [0.25, 0.3) is 0 Å². The molecular weight excluding hydrogens is 182 g/mol. The van der Waals surface area contributed by atoms with Gasteiger partial charge in [0.15, 0.2) is 0 Å². The minimum Gasteiger partial charge on any atom is -0.316 e. The van der Waals surface area contributed by atoms with Crippen LogP contribution in [-0.4, -0.2) is 13.1 Å². The standard InChI is InChI=1S/C14H19N/c1-2-14(12-6-4-3-5-7-12)8-13(9-14)10-15-11-13/h3-7,15H,2,8-11H2,1H3. The van der Waals surface area contributed by atoms with Crippen LogP contribution in [0.25, 0.3) is 0 Å². The van der Waals surface area contributed by atoms with E-state index in [4.69, 9.17) is 0 Å². The molecule has 0 atom stereocenters. The molecular formula is C14H19N. The van der Waals surface area contributed by atoms with Crippen molar-refractivity contribution in [2.24, 2.45) is 5.41 Å². The topological polar surface area (TPSA) is 12.0 Å². The summed E-state index contributed by atoms with van der Waals surface area (Å²) < 4.78 is 0. The van der Waals surface area contributed by atoms with Gasteiger partial charge in [0.2, 0.25) is 0 Å². The molecule has 1 nitrogen and oxygen atoms in total. The Morgan fingerprint density at radius 1 is 1.13 bits per heavy atom. The van der Waals surface area contributed by atoms with E-state index < -0.39 is 0 Å².